The molecule has 27 heavy (non-hydrogen) atoms. The van der Waals surface area contributed by atoms with E-state index in [1.165, 1.54) is 4.31 Å². The predicted octanol–water partition coefficient (Wildman–Crippen LogP) is 2.67. The van der Waals surface area contributed by atoms with Gasteiger partial charge in [-0.2, -0.15) is 4.31 Å². The number of piperidine rings is 1. The summed E-state index contributed by atoms with van der Waals surface area (Å²) in [5.74, 6) is -0.0531. The fraction of sp³-hybridized carbons (Fsp3) is 0.650. The molecule has 2 aliphatic rings. The van der Waals surface area contributed by atoms with Crippen LogP contribution in [0.25, 0.3) is 0 Å². The molecule has 1 atom stereocenters. The first-order chi connectivity index (χ1) is 13.0. The SMILES string of the molecule is CCc1ccc(C(=O)N2CCCCC2CC)cc1S(=O)(=O)N1CCOCC1. The number of amides is 1. The van der Waals surface area contributed by atoms with E-state index >= 15 is 0 Å². The number of nitrogens with zero attached hydrogens (tertiary/aromatic N) is 2. The average molecular weight is 395 g/mol. The van der Waals surface area contributed by atoms with Gasteiger partial charge in [-0.05, 0) is 49.8 Å². The van der Waals surface area contributed by atoms with Crippen molar-refractivity contribution in [2.75, 3.05) is 32.8 Å². The van der Waals surface area contributed by atoms with E-state index in [1.807, 2.05) is 11.8 Å². The zero-order valence-electron chi connectivity index (χ0n) is 16.3. The van der Waals surface area contributed by atoms with Gasteiger partial charge in [0.1, 0.15) is 0 Å². The first-order valence-corrected chi connectivity index (χ1v) is 11.4. The second kappa shape index (κ2) is 8.71. The summed E-state index contributed by atoms with van der Waals surface area (Å²) in [5, 5.41) is 0. The van der Waals surface area contributed by atoms with Crippen LogP contribution in [0, 0.1) is 0 Å². The second-order valence-corrected chi connectivity index (χ2v) is 9.16. The highest BCUT2D eigenvalue weighted by Crippen LogP contribution is 2.26. The third-order valence-electron chi connectivity index (χ3n) is 5.64. The van der Waals surface area contributed by atoms with Gasteiger partial charge in [0.15, 0.2) is 0 Å². The molecule has 1 amide bonds. The van der Waals surface area contributed by atoms with Gasteiger partial charge >= 0.3 is 0 Å². The minimum absolute atomic E-state index is 0.0531. The van der Waals surface area contributed by atoms with Crippen molar-refractivity contribution in [3.05, 3.63) is 29.3 Å². The smallest absolute Gasteiger partial charge is 0.254 e. The standard InChI is InChI=1S/C20H30N2O4S/c1-3-16-8-9-17(20(23)22-10-6-5-7-18(22)4-2)15-19(16)27(24,25)21-11-13-26-14-12-21/h8-9,15,18H,3-7,10-14H2,1-2H3. The van der Waals surface area contributed by atoms with Crippen LogP contribution in [0.15, 0.2) is 23.1 Å². The summed E-state index contributed by atoms with van der Waals surface area (Å²) in [6, 6.07) is 5.41. The molecule has 1 unspecified atom stereocenters. The number of sulfonamides is 1. The molecule has 0 spiro atoms. The Balaban J connectivity index is 1.94. The number of ether oxygens (including phenoxy) is 1. The Labute approximate surface area is 162 Å². The lowest BCUT2D eigenvalue weighted by Crippen LogP contribution is -2.43. The number of aryl methyl sites for hydroxylation is 1. The summed E-state index contributed by atoms with van der Waals surface area (Å²) in [7, 11) is -3.63. The van der Waals surface area contributed by atoms with E-state index in [0.717, 1.165) is 37.8 Å². The quantitative estimate of drug-likeness (QED) is 0.770. The van der Waals surface area contributed by atoms with Crippen molar-refractivity contribution in [3.63, 3.8) is 0 Å². The van der Waals surface area contributed by atoms with E-state index in [-0.39, 0.29) is 16.8 Å². The molecule has 0 aromatic heterocycles. The van der Waals surface area contributed by atoms with Crippen LogP contribution in [0.5, 0.6) is 0 Å². The topological polar surface area (TPSA) is 66.9 Å². The van der Waals surface area contributed by atoms with Crippen LogP contribution in [0.2, 0.25) is 0 Å². The van der Waals surface area contributed by atoms with Crippen LogP contribution < -0.4 is 0 Å². The molecule has 0 bridgehead atoms. The minimum atomic E-state index is -3.63. The Morgan fingerprint density at radius 2 is 1.89 bits per heavy atom. The monoisotopic (exact) mass is 394 g/mol. The molecule has 1 aromatic carbocycles. The van der Waals surface area contributed by atoms with Crippen molar-refractivity contribution < 1.29 is 17.9 Å². The number of rotatable bonds is 5. The maximum Gasteiger partial charge on any atom is 0.254 e. The fourth-order valence-corrected chi connectivity index (χ4v) is 5.73. The summed E-state index contributed by atoms with van der Waals surface area (Å²) in [6.07, 6.45) is 4.71. The molecule has 0 N–H and O–H groups in total. The van der Waals surface area contributed by atoms with Crippen molar-refractivity contribution >= 4 is 15.9 Å². The molecule has 7 heteroatoms. The van der Waals surface area contributed by atoms with E-state index in [0.29, 0.717) is 38.3 Å². The molecule has 2 aliphatic heterocycles. The van der Waals surface area contributed by atoms with Gasteiger partial charge in [0.2, 0.25) is 10.0 Å². The Hall–Kier alpha value is -1.44. The molecular weight excluding hydrogens is 364 g/mol. The van der Waals surface area contributed by atoms with E-state index < -0.39 is 10.0 Å². The number of carbonyl (C=O) groups excluding carboxylic acids is 1. The Bertz CT molecular complexity index is 772. The van der Waals surface area contributed by atoms with Crippen LogP contribution in [0.4, 0.5) is 0 Å². The van der Waals surface area contributed by atoms with Crippen LogP contribution in [-0.2, 0) is 21.2 Å². The van der Waals surface area contributed by atoms with Crippen molar-refractivity contribution in [3.8, 4) is 0 Å². The van der Waals surface area contributed by atoms with Crippen LogP contribution in [0.3, 0.4) is 0 Å². The van der Waals surface area contributed by atoms with Gasteiger partial charge in [-0.3, -0.25) is 4.79 Å². The maximum atomic E-state index is 13.2. The van der Waals surface area contributed by atoms with Gasteiger partial charge in [0.25, 0.3) is 5.91 Å². The number of carbonyl (C=O) groups is 1. The van der Waals surface area contributed by atoms with Crippen LogP contribution >= 0.6 is 0 Å². The lowest BCUT2D eigenvalue weighted by atomic mass is 9.98. The zero-order valence-corrected chi connectivity index (χ0v) is 17.1. The molecule has 3 rings (SSSR count). The number of morpholine rings is 1. The van der Waals surface area contributed by atoms with Crippen molar-refractivity contribution in [1.82, 2.24) is 9.21 Å². The number of hydrogen-bond acceptors (Lipinski definition) is 4. The van der Waals surface area contributed by atoms with Crippen LogP contribution in [0.1, 0.15) is 55.5 Å². The van der Waals surface area contributed by atoms with Gasteiger partial charge in [-0.25, -0.2) is 8.42 Å². The molecular formula is C20H30N2O4S. The minimum Gasteiger partial charge on any atom is -0.379 e. The van der Waals surface area contributed by atoms with E-state index in [1.54, 1.807) is 18.2 Å². The lowest BCUT2D eigenvalue weighted by Gasteiger charge is -2.35. The first-order valence-electron chi connectivity index (χ1n) is 10.0. The summed E-state index contributed by atoms with van der Waals surface area (Å²) in [6.45, 7) is 6.31. The molecule has 6 nitrogen and oxygen atoms in total. The summed E-state index contributed by atoms with van der Waals surface area (Å²) in [5.41, 5.74) is 1.23. The Morgan fingerprint density at radius 1 is 1.15 bits per heavy atom. The summed E-state index contributed by atoms with van der Waals surface area (Å²) in [4.78, 5) is 15.3. The summed E-state index contributed by atoms with van der Waals surface area (Å²) >= 11 is 0. The third-order valence-corrected chi connectivity index (χ3v) is 7.62. The highest BCUT2D eigenvalue weighted by Gasteiger charge is 2.31. The molecule has 1 aromatic rings. The molecule has 0 saturated carbocycles. The number of benzene rings is 1. The predicted molar refractivity (Wildman–Crippen MR) is 104 cm³/mol. The number of hydrogen-bond donors (Lipinski definition) is 0. The third kappa shape index (κ3) is 4.20. The molecule has 2 saturated heterocycles. The van der Waals surface area contributed by atoms with E-state index in [2.05, 4.69) is 6.92 Å². The van der Waals surface area contributed by atoms with Gasteiger partial charge in [0, 0.05) is 31.2 Å². The molecule has 2 fully saturated rings. The largest absolute Gasteiger partial charge is 0.379 e. The Morgan fingerprint density at radius 3 is 2.56 bits per heavy atom. The average Bonchev–Trinajstić information content (AvgIpc) is 2.73. The first kappa shape index (κ1) is 20.3. The molecule has 2 heterocycles. The second-order valence-electron chi connectivity index (χ2n) is 7.25. The summed E-state index contributed by atoms with van der Waals surface area (Å²) < 4.78 is 33.1. The van der Waals surface area contributed by atoms with Gasteiger partial charge < -0.3 is 9.64 Å². The highest BCUT2D eigenvalue weighted by atomic mass is 32.2. The van der Waals surface area contributed by atoms with Gasteiger partial charge in [-0.15, -0.1) is 0 Å². The zero-order chi connectivity index (χ0) is 19.4. The fourth-order valence-electron chi connectivity index (χ4n) is 4.00. The Kier molecular flexibility index (Phi) is 6.55. The van der Waals surface area contributed by atoms with Gasteiger partial charge in [0.05, 0.1) is 18.1 Å². The highest BCUT2D eigenvalue weighted by molar-refractivity contribution is 7.89. The van der Waals surface area contributed by atoms with Crippen molar-refractivity contribution in [2.24, 2.45) is 0 Å². The van der Waals surface area contributed by atoms with E-state index in [4.69, 9.17) is 4.74 Å². The van der Waals surface area contributed by atoms with Gasteiger partial charge in [-0.1, -0.05) is 19.9 Å². The van der Waals surface area contributed by atoms with Crippen molar-refractivity contribution in [1.29, 1.82) is 0 Å². The van der Waals surface area contributed by atoms with Crippen molar-refractivity contribution in [2.45, 2.75) is 56.9 Å². The number of likely N-dealkylation sites (tertiary alicyclic amines) is 1. The normalized spacial score (nSPS) is 22.0. The molecule has 0 radical (unpaired) electrons. The molecule has 0 aliphatic carbocycles. The van der Waals surface area contributed by atoms with E-state index in [9.17, 15) is 13.2 Å². The maximum absolute atomic E-state index is 13.2. The molecule has 150 valence electrons. The lowest BCUT2D eigenvalue weighted by molar-refractivity contribution is 0.0607. The van der Waals surface area contributed by atoms with Crippen LogP contribution in [-0.4, -0.2) is 62.4 Å².